The number of amides is 1. The Hall–Kier alpha value is -1.06. The van der Waals surface area contributed by atoms with Crippen molar-refractivity contribution in [3.05, 3.63) is 28.3 Å². The van der Waals surface area contributed by atoms with Crippen molar-refractivity contribution in [1.29, 1.82) is 0 Å². The Balaban J connectivity index is 2.01. The van der Waals surface area contributed by atoms with Crippen molar-refractivity contribution in [2.24, 2.45) is 0 Å². The van der Waals surface area contributed by atoms with Gasteiger partial charge < -0.3 is 10.6 Å². The number of carbonyl (C=O) groups excluding carboxylic acids is 1. The zero-order chi connectivity index (χ0) is 11.8. The van der Waals surface area contributed by atoms with Crippen LogP contribution in [0, 0.1) is 0 Å². The van der Waals surface area contributed by atoms with Gasteiger partial charge in [-0.15, -0.1) is 0 Å². The maximum absolute atomic E-state index is 11.5. The Bertz CT molecular complexity index is 467. The summed E-state index contributed by atoms with van der Waals surface area (Å²) >= 11 is 6.14. The van der Waals surface area contributed by atoms with E-state index in [0.717, 1.165) is 35.8 Å². The summed E-state index contributed by atoms with van der Waals surface area (Å²) in [6.07, 6.45) is 2.80. The smallest absolute Gasteiger partial charge is 0.228 e. The van der Waals surface area contributed by atoms with E-state index in [-0.39, 0.29) is 5.91 Å². The molecule has 2 heterocycles. The predicted octanol–water partition coefficient (Wildman–Crippen LogP) is 2.30. The fourth-order valence-corrected chi connectivity index (χ4v) is 3.02. The average Bonchev–Trinajstić information content (AvgIpc) is 2.69. The highest BCUT2D eigenvalue weighted by Crippen LogP contribution is 2.37. The molecule has 1 aromatic carbocycles. The summed E-state index contributed by atoms with van der Waals surface area (Å²) in [7, 11) is 0. The molecular weight excluding hydrogens is 236 g/mol. The highest BCUT2D eigenvalue weighted by atomic mass is 35.5. The minimum atomic E-state index is 0.0762. The van der Waals surface area contributed by atoms with Crippen molar-refractivity contribution in [3.63, 3.8) is 0 Å². The molecule has 1 atom stereocenters. The zero-order valence-corrected chi connectivity index (χ0v) is 10.3. The van der Waals surface area contributed by atoms with Crippen molar-refractivity contribution in [3.8, 4) is 0 Å². The monoisotopic (exact) mass is 250 g/mol. The molecular formula is C13H15ClN2O. The number of anilines is 1. The maximum Gasteiger partial charge on any atom is 0.228 e. The van der Waals surface area contributed by atoms with E-state index in [1.165, 1.54) is 12.0 Å². The third-order valence-electron chi connectivity index (χ3n) is 3.57. The van der Waals surface area contributed by atoms with Gasteiger partial charge in [-0.25, -0.2) is 0 Å². The molecule has 2 aliphatic heterocycles. The minimum absolute atomic E-state index is 0.0762. The van der Waals surface area contributed by atoms with Crippen molar-refractivity contribution in [2.75, 3.05) is 18.4 Å². The first-order valence-electron chi connectivity index (χ1n) is 6.07. The Kier molecular flexibility index (Phi) is 2.81. The van der Waals surface area contributed by atoms with Gasteiger partial charge in [0.05, 0.1) is 6.42 Å². The van der Waals surface area contributed by atoms with Crippen molar-refractivity contribution in [1.82, 2.24) is 5.32 Å². The molecule has 1 unspecified atom stereocenters. The van der Waals surface area contributed by atoms with Gasteiger partial charge in [0.25, 0.3) is 0 Å². The van der Waals surface area contributed by atoms with Gasteiger partial charge in [-0.2, -0.15) is 0 Å². The van der Waals surface area contributed by atoms with E-state index in [1.807, 2.05) is 12.1 Å². The summed E-state index contributed by atoms with van der Waals surface area (Å²) in [5.41, 5.74) is 3.25. The quantitative estimate of drug-likeness (QED) is 0.803. The lowest BCUT2D eigenvalue weighted by molar-refractivity contribution is -0.115. The minimum Gasteiger partial charge on any atom is -0.325 e. The Morgan fingerprint density at radius 2 is 2.24 bits per heavy atom. The fourth-order valence-electron chi connectivity index (χ4n) is 2.77. The third-order valence-corrected chi connectivity index (χ3v) is 3.79. The molecule has 1 aromatic rings. The highest BCUT2D eigenvalue weighted by molar-refractivity contribution is 6.31. The van der Waals surface area contributed by atoms with Crippen LogP contribution >= 0.6 is 11.6 Å². The van der Waals surface area contributed by atoms with Crippen LogP contribution in [0.15, 0.2) is 12.1 Å². The number of rotatable bonds is 1. The summed E-state index contributed by atoms with van der Waals surface area (Å²) in [4.78, 5) is 11.5. The zero-order valence-electron chi connectivity index (χ0n) is 9.55. The van der Waals surface area contributed by atoms with Crippen molar-refractivity contribution < 1.29 is 4.79 Å². The standard InChI is InChI=1S/C13H15ClN2O/c14-10-4-9-5-12(17)16-13(9)11(6-10)8-2-1-3-15-7-8/h4,6,8,15H,1-3,5,7H2,(H,16,17). The Labute approximate surface area is 106 Å². The molecule has 17 heavy (non-hydrogen) atoms. The van der Waals surface area contributed by atoms with Crippen LogP contribution in [0.3, 0.4) is 0 Å². The van der Waals surface area contributed by atoms with E-state index < -0.39 is 0 Å². The lowest BCUT2D eigenvalue weighted by Gasteiger charge is -2.25. The van der Waals surface area contributed by atoms with E-state index in [0.29, 0.717) is 12.3 Å². The van der Waals surface area contributed by atoms with Crippen LogP contribution in [0.2, 0.25) is 5.02 Å². The second kappa shape index (κ2) is 4.31. The summed E-state index contributed by atoms with van der Waals surface area (Å²) in [6, 6.07) is 3.90. The number of hydrogen-bond donors (Lipinski definition) is 2. The topological polar surface area (TPSA) is 41.1 Å². The van der Waals surface area contributed by atoms with Crippen LogP contribution in [-0.4, -0.2) is 19.0 Å². The molecule has 0 aliphatic carbocycles. The lowest BCUT2D eigenvalue weighted by Crippen LogP contribution is -2.28. The van der Waals surface area contributed by atoms with E-state index >= 15 is 0 Å². The van der Waals surface area contributed by atoms with Gasteiger partial charge in [0.15, 0.2) is 0 Å². The molecule has 0 bridgehead atoms. The van der Waals surface area contributed by atoms with Crippen LogP contribution in [0.1, 0.15) is 29.9 Å². The first-order valence-corrected chi connectivity index (χ1v) is 6.45. The molecule has 2 N–H and O–H groups in total. The molecule has 0 saturated carbocycles. The van der Waals surface area contributed by atoms with Gasteiger partial charge >= 0.3 is 0 Å². The molecule has 0 radical (unpaired) electrons. The molecule has 3 nitrogen and oxygen atoms in total. The van der Waals surface area contributed by atoms with Crippen LogP contribution in [-0.2, 0) is 11.2 Å². The summed E-state index contributed by atoms with van der Waals surface area (Å²) in [5.74, 6) is 0.543. The Morgan fingerprint density at radius 3 is 3.00 bits per heavy atom. The van der Waals surface area contributed by atoms with Crippen molar-refractivity contribution in [2.45, 2.75) is 25.2 Å². The van der Waals surface area contributed by atoms with E-state index in [9.17, 15) is 4.79 Å². The van der Waals surface area contributed by atoms with Gasteiger partial charge in [0.1, 0.15) is 0 Å². The van der Waals surface area contributed by atoms with E-state index in [2.05, 4.69) is 10.6 Å². The number of benzene rings is 1. The van der Waals surface area contributed by atoms with Gasteiger partial charge in [-0.05, 0) is 48.6 Å². The first-order chi connectivity index (χ1) is 8.24. The molecule has 1 saturated heterocycles. The van der Waals surface area contributed by atoms with Gasteiger partial charge in [0.2, 0.25) is 5.91 Å². The molecule has 1 fully saturated rings. The van der Waals surface area contributed by atoms with Crippen LogP contribution in [0.4, 0.5) is 5.69 Å². The van der Waals surface area contributed by atoms with Crippen LogP contribution in [0.5, 0.6) is 0 Å². The van der Waals surface area contributed by atoms with Crippen molar-refractivity contribution >= 4 is 23.2 Å². The molecule has 1 amide bonds. The summed E-state index contributed by atoms with van der Waals surface area (Å²) < 4.78 is 0. The van der Waals surface area contributed by atoms with Gasteiger partial charge in [-0.3, -0.25) is 4.79 Å². The summed E-state index contributed by atoms with van der Waals surface area (Å²) in [5, 5.41) is 7.10. The summed E-state index contributed by atoms with van der Waals surface area (Å²) in [6.45, 7) is 2.06. The predicted molar refractivity (Wildman–Crippen MR) is 68.6 cm³/mol. The number of hydrogen-bond acceptors (Lipinski definition) is 2. The molecule has 4 heteroatoms. The molecule has 3 rings (SSSR count). The number of fused-ring (bicyclic) bond motifs is 1. The highest BCUT2D eigenvalue weighted by Gasteiger charge is 2.26. The SMILES string of the molecule is O=C1Cc2cc(Cl)cc(C3CCCNC3)c2N1. The second-order valence-electron chi connectivity index (χ2n) is 4.80. The largest absolute Gasteiger partial charge is 0.325 e. The number of carbonyl (C=O) groups is 1. The van der Waals surface area contributed by atoms with Gasteiger partial charge in [-0.1, -0.05) is 11.6 Å². The molecule has 90 valence electrons. The average molecular weight is 251 g/mol. The number of nitrogens with one attached hydrogen (secondary N) is 2. The van der Waals surface area contributed by atoms with Gasteiger partial charge in [0, 0.05) is 17.3 Å². The first kappa shape index (κ1) is 11.1. The third kappa shape index (κ3) is 2.05. The fraction of sp³-hybridized carbons (Fsp3) is 0.462. The molecule has 0 aromatic heterocycles. The molecule has 2 aliphatic rings. The second-order valence-corrected chi connectivity index (χ2v) is 5.23. The number of piperidine rings is 1. The normalized spacial score (nSPS) is 23.4. The van der Waals surface area contributed by atoms with Crippen LogP contribution < -0.4 is 10.6 Å². The lowest BCUT2D eigenvalue weighted by atomic mass is 9.89. The molecule has 0 spiro atoms. The maximum atomic E-state index is 11.5. The Morgan fingerprint density at radius 1 is 1.35 bits per heavy atom. The van der Waals surface area contributed by atoms with E-state index in [1.54, 1.807) is 0 Å². The van der Waals surface area contributed by atoms with E-state index in [4.69, 9.17) is 11.6 Å². The number of halogens is 1. The van der Waals surface area contributed by atoms with Crippen LogP contribution in [0.25, 0.3) is 0 Å².